The number of aromatic hydroxyl groups is 1. The molecular formula is C13H16ClNO4. The minimum atomic E-state index is -0.808. The van der Waals surface area contributed by atoms with Crippen LogP contribution in [0, 0.1) is 0 Å². The SMILES string of the molecule is O=CN(CCCCCC(=O)O)c1ccc(O)c(Cl)c1. The van der Waals surface area contributed by atoms with Crippen LogP contribution in [0.15, 0.2) is 18.2 Å². The Bertz CT molecular complexity index is 450. The molecule has 0 unspecified atom stereocenters. The lowest BCUT2D eigenvalue weighted by atomic mass is 10.2. The first-order chi connectivity index (χ1) is 9.04. The van der Waals surface area contributed by atoms with Crippen molar-refractivity contribution in [1.82, 2.24) is 0 Å². The highest BCUT2D eigenvalue weighted by Crippen LogP contribution is 2.27. The number of carboxylic acids is 1. The Hall–Kier alpha value is -1.75. The molecule has 0 fully saturated rings. The lowest BCUT2D eigenvalue weighted by Crippen LogP contribution is -2.22. The van der Waals surface area contributed by atoms with E-state index in [0.29, 0.717) is 31.5 Å². The van der Waals surface area contributed by atoms with E-state index in [1.807, 2.05) is 0 Å². The summed E-state index contributed by atoms with van der Waals surface area (Å²) in [5.41, 5.74) is 0.607. The highest BCUT2D eigenvalue weighted by Gasteiger charge is 2.07. The van der Waals surface area contributed by atoms with Crippen LogP contribution in [0.4, 0.5) is 5.69 Å². The van der Waals surface area contributed by atoms with Crippen LogP contribution in [-0.4, -0.2) is 29.1 Å². The van der Waals surface area contributed by atoms with Crippen molar-refractivity contribution in [2.24, 2.45) is 0 Å². The number of benzene rings is 1. The summed E-state index contributed by atoms with van der Waals surface area (Å²) in [7, 11) is 0. The summed E-state index contributed by atoms with van der Waals surface area (Å²) in [6, 6.07) is 4.55. The van der Waals surface area contributed by atoms with E-state index in [-0.39, 0.29) is 17.2 Å². The first-order valence-corrected chi connectivity index (χ1v) is 6.34. The van der Waals surface area contributed by atoms with Gasteiger partial charge in [-0.15, -0.1) is 0 Å². The molecule has 0 saturated heterocycles. The summed E-state index contributed by atoms with van der Waals surface area (Å²) in [4.78, 5) is 22.8. The molecule has 19 heavy (non-hydrogen) atoms. The lowest BCUT2D eigenvalue weighted by Gasteiger charge is -2.17. The summed E-state index contributed by atoms with van der Waals surface area (Å²) in [5, 5.41) is 18.0. The van der Waals surface area contributed by atoms with E-state index in [4.69, 9.17) is 16.7 Å². The van der Waals surface area contributed by atoms with Crippen molar-refractivity contribution in [3.63, 3.8) is 0 Å². The molecule has 0 aliphatic carbocycles. The van der Waals surface area contributed by atoms with Crippen molar-refractivity contribution in [1.29, 1.82) is 0 Å². The van der Waals surface area contributed by atoms with Gasteiger partial charge >= 0.3 is 5.97 Å². The van der Waals surface area contributed by atoms with E-state index in [2.05, 4.69) is 0 Å². The Morgan fingerprint density at radius 2 is 2.05 bits per heavy atom. The fraction of sp³-hybridized carbons (Fsp3) is 0.385. The van der Waals surface area contributed by atoms with Gasteiger partial charge in [0.1, 0.15) is 5.75 Å². The Labute approximate surface area is 116 Å². The number of carbonyl (C=O) groups is 2. The van der Waals surface area contributed by atoms with Gasteiger partial charge in [-0.3, -0.25) is 9.59 Å². The predicted molar refractivity (Wildman–Crippen MR) is 72.6 cm³/mol. The van der Waals surface area contributed by atoms with Crippen molar-refractivity contribution >= 4 is 29.7 Å². The predicted octanol–water partition coefficient (Wildman–Crippen LogP) is 2.65. The third kappa shape index (κ3) is 5.18. The summed E-state index contributed by atoms with van der Waals surface area (Å²) in [6.07, 6.45) is 2.89. The molecule has 0 atom stereocenters. The third-order valence-corrected chi connectivity index (χ3v) is 2.98. The second-order valence-corrected chi connectivity index (χ2v) is 4.55. The normalized spacial score (nSPS) is 10.2. The molecule has 0 aliphatic rings. The van der Waals surface area contributed by atoms with Gasteiger partial charge in [-0.05, 0) is 31.0 Å². The van der Waals surface area contributed by atoms with Gasteiger partial charge in [0.25, 0.3) is 0 Å². The molecule has 1 amide bonds. The minimum Gasteiger partial charge on any atom is -0.506 e. The van der Waals surface area contributed by atoms with Crippen molar-refractivity contribution in [3.8, 4) is 5.75 Å². The Morgan fingerprint density at radius 1 is 1.32 bits per heavy atom. The number of halogens is 1. The van der Waals surface area contributed by atoms with Crippen LogP contribution in [0.25, 0.3) is 0 Å². The average Bonchev–Trinajstić information content (AvgIpc) is 2.37. The van der Waals surface area contributed by atoms with Crippen molar-refractivity contribution in [2.75, 3.05) is 11.4 Å². The summed E-state index contributed by atoms with van der Waals surface area (Å²) < 4.78 is 0. The van der Waals surface area contributed by atoms with Crippen LogP contribution in [0.1, 0.15) is 25.7 Å². The largest absolute Gasteiger partial charge is 0.506 e. The molecule has 5 nitrogen and oxygen atoms in total. The maximum Gasteiger partial charge on any atom is 0.303 e. The second-order valence-electron chi connectivity index (χ2n) is 4.14. The number of phenolic OH excluding ortho intramolecular Hbond substituents is 1. The number of amides is 1. The molecule has 1 aromatic carbocycles. The first-order valence-electron chi connectivity index (χ1n) is 5.97. The average molecular weight is 286 g/mol. The molecule has 0 aliphatic heterocycles. The van der Waals surface area contributed by atoms with E-state index in [1.54, 1.807) is 6.07 Å². The highest BCUT2D eigenvalue weighted by atomic mass is 35.5. The molecule has 0 heterocycles. The number of anilines is 1. The van der Waals surface area contributed by atoms with Gasteiger partial charge in [0.05, 0.1) is 5.02 Å². The zero-order valence-electron chi connectivity index (χ0n) is 10.4. The Balaban J connectivity index is 2.47. The van der Waals surface area contributed by atoms with E-state index in [0.717, 1.165) is 6.42 Å². The third-order valence-electron chi connectivity index (χ3n) is 2.68. The van der Waals surface area contributed by atoms with E-state index >= 15 is 0 Å². The molecule has 104 valence electrons. The van der Waals surface area contributed by atoms with Gasteiger partial charge in [-0.25, -0.2) is 0 Å². The standard InChI is InChI=1S/C13H16ClNO4/c14-11-8-10(5-6-12(11)17)15(9-16)7-3-1-2-4-13(18)19/h5-6,8-9,17H,1-4,7H2,(H,18,19). The van der Waals surface area contributed by atoms with Gasteiger partial charge in [-0.2, -0.15) is 0 Å². The molecule has 0 bridgehead atoms. The van der Waals surface area contributed by atoms with Crippen LogP contribution in [0.2, 0.25) is 5.02 Å². The first kappa shape index (κ1) is 15.3. The van der Waals surface area contributed by atoms with Crippen LogP contribution < -0.4 is 4.90 Å². The van der Waals surface area contributed by atoms with Crippen LogP contribution in [0.5, 0.6) is 5.75 Å². The number of carbonyl (C=O) groups excluding carboxylic acids is 1. The molecule has 1 aromatic rings. The fourth-order valence-electron chi connectivity index (χ4n) is 1.65. The van der Waals surface area contributed by atoms with Gasteiger partial charge in [0.15, 0.2) is 0 Å². The summed E-state index contributed by atoms with van der Waals surface area (Å²) in [5.74, 6) is -0.838. The second kappa shape index (κ2) is 7.63. The monoisotopic (exact) mass is 285 g/mol. The number of phenols is 1. The summed E-state index contributed by atoms with van der Waals surface area (Å²) >= 11 is 5.78. The lowest BCUT2D eigenvalue weighted by molar-refractivity contribution is -0.137. The van der Waals surface area contributed by atoms with Gasteiger partial charge < -0.3 is 15.1 Å². The molecule has 0 aromatic heterocycles. The maximum absolute atomic E-state index is 11.0. The molecule has 6 heteroatoms. The Morgan fingerprint density at radius 3 is 2.63 bits per heavy atom. The zero-order valence-corrected chi connectivity index (χ0v) is 11.1. The Kier molecular flexibility index (Phi) is 6.15. The number of unbranched alkanes of at least 4 members (excludes halogenated alkanes) is 2. The smallest absolute Gasteiger partial charge is 0.303 e. The molecule has 0 radical (unpaired) electrons. The van der Waals surface area contributed by atoms with Crippen molar-refractivity contribution in [2.45, 2.75) is 25.7 Å². The topological polar surface area (TPSA) is 77.8 Å². The highest BCUT2D eigenvalue weighted by molar-refractivity contribution is 6.32. The van der Waals surface area contributed by atoms with Crippen LogP contribution in [-0.2, 0) is 9.59 Å². The quantitative estimate of drug-likeness (QED) is 0.568. The van der Waals surface area contributed by atoms with Crippen LogP contribution in [0.3, 0.4) is 0 Å². The molecular weight excluding hydrogens is 270 g/mol. The fourth-order valence-corrected chi connectivity index (χ4v) is 1.83. The van der Waals surface area contributed by atoms with Gasteiger partial charge in [-0.1, -0.05) is 18.0 Å². The van der Waals surface area contributed by atoms with Gasteiger partial charge in [0, 0.05) is 18.7 Å². The molecule has 1 rings (SSSR count). The zero-order chi connectivity index (χ0) is 14.3. The molecule has 0 saturated carbocycles. The van der Waals surface area contributed by atoms with E-state index in [1.165, 1.54) is 17.0 Å². The number of aliphatic carboxylic acids is 1. The van der Waals surface area contributed by atoms with Gasteiger partial charge in [0.2, 0.25) is 6.41 Å². The van der Waals surface area contributed by atoms with Crippen LogP contribution >= 0.6 is 11.6 Å². The number of nitrogens with zero attached hydrogens (tertiary/aromatic N) is 1. The number of hydrogen-bond donors (Lipinski definition) is 2. The molecule has 2 N–H and O–H groups in total. The maximum atomic E-state index is 11.0. The summed E-state index contributed by atoms with van der Waals surface area (Å²) in [6.45, 7) is 0.490. The number of hydrogen-bond acceptors (Lipinski definition) is 3. The van der Waals surface area contributed by atoms with Crippen molar-refractivity contribution in [3.05, 3.63) is 23.2 Å². The van der Waals surface area contributed by atoms with Crippen molar-refractivity contribution < 1.29 is 19.8 Å². The van der Waals surface area contributed by atoms with E-state index in [9.17, 15) is 14.7 Å². The number of rotatable bonds is 8. The molecule has 0 spiro atoms. The number of carboxylic acid groups (broad SMARTS) is 1. The minimum absolute atomic E-state index is 0.0299. The van der Waals surface area contributed by atoms with E-state index < -0.39 is 5.97 Å².